The molecular weight excluding hydrogens is 204 g/mol. The molecule has 0 spiro atoms. The topological polar surface area (TPSA) is 46.5 Å². The average Bonchev–Trinajstić information content (AvgIpc) is 2.30. The Morgan fingerprint density at radius 2 is 2.06 bits per heavy atom. The van der Waals surface area contributed by atoms with Crippen LogP contribution in [0.4, 0.5) is 0 Å². The molecule has 1 aromatic rings. The average molecular weight is 220 g/mol. The molecule has 0 aliphatic carbocycles. The van der Waals surface area contributed by atoms with E-state index in [0.29, 0.717) is 13.2 Å². The van der Waals surface area contributed by atoms with Crippen molar-refractivity contribution in [1.82, 2.24) is 0 Å². The highest BCUT2D eigenvalue weighted by molar-refractivity contribution is 5.71. The molecule has 0 amide bonds. The number of aliphatic carboxylic acids is 1. The normalized spacial score (nSPS) is 25.3. The first kappa shape index (κ1) is 11.1. The monoisotopic (exact) mass is 220 g/mol. The number of rotatable bonds is 2. The number of aryl methyl sites for hydroxylation is 1. The third-order valence-electron chi connectivity index (χ3n) is 3.18. The van der Waals surface area contributed by atoms with Gasteiger partial charge in [0, 0.05) is 12.5 Å². The predicted molar refractivity (Wildman–Crippen MR) is 60.5 cm³/mol. The Morgan fingerprint density at radius 3 is 2.69 bits per heavy atom. The van der Waals surface area contributed by atoms with Crippen molar-refractivity contribution in [2.24, 2.45) is 5.92 Å². The highest BCUT2D eigenvalue weighted by atomic mass is 16.5. The molecule has 1 fully saturated rings. The number of ether oxygens (including phenoxy) is 1. The second-order valence-corrected chi connectivity index (χ2v) is 4.33. The van der Waals surface area contributed by atoms with Crippen molar-refractivity contribution in [3.63, 3.8) is 0 Å². The van der Waals surface area contributed by atoms with Crippen LogP contribution < -0.4 is 0 Å². The molecule has 1 aromatic carbocycles. The van der Waals surface area contributed by atoms with E-state index < -0.39 is 11.9 Å². The molecule has 16 heavy (non-hydrogen) atoms. The standard InChI is InChI=1S/C13H16O3/c1-9-2-4-10(5-3-9)11-6-7-16-8-12(11)13(14)15/h2-5,11-12H,6-8H2,1H3,(H,14,15). The summed E-state index contributed by atoms with van der Waals surface area (Å²) in [5, 5.41) is 9.14. The van der Waals surface area contributed by atoms with Crippen LogP contribution in [0.15, 0.2) is 24.3 Å². The van der Waals surface area contributed by atoms with Gasteiger partial charge in [-0.25, -0.2) is 0 Å². The van der Waals surface area contributed by atoms with Gasteiger partial charge in [0.2, 0.25) is 0 Å². The summed E-state index contributed by atoms with van der Waals surface area (Å²) in [4.78, 5) is 11.1. The van der Waals surface area contributed by atoms with Crippen molar-refractivity contribution < 1.29 is 14.6 Å². The Hall–Kier alpha value is -1.35. The molecule has 3 heteroatoms. The summed E-state index contributed by atoms with van der Waals surface area (Å²) in [5.74, 6) is -1.08. The molecule has 1 heterocycles. The van der Waals surface area contributed by atoms with E-state index in [0.717, 1.165) is 12.0 Å². The zero-order valence-electron chi connectivity index (χ0n) is 9.35. The molecule has 0 bridgehead atoms. The molecule has 0 saturated carbocycles. The first-order valence-electron chi connectivity index (χ1n) is 5.55. The van der Waals surface area contributed by atoms with Crippen molar-refractivity contribution in [3.8, 4) is 0 Å². The molecule has 1 aliphatic rings. The Bertz CT molecular complexity index is 369. The largest absolute Gasteiger partial charge is 0.481 e. The fraction of sp³-hybridized carbons (Fsp3) is 0.462. The van der Waals surface area contributed by atoms with E-state index in [9.17, 15) is 4.79 Å². The maximum atomic E-state index is 11.1. The van der Waals surface area contributed by atoms with Gasteiger partial charge in [-0.2, -0.15) is 0 Å². The first-order chi connectivity index (χ1) is 7.68. The predicted octanol–water partition coefficient (Wildman–Crippen LogP) is 2.20. The third-order valence-corrected chi connectivity index (χ3v) is 3.18. The van der Waals surface area contributed by atoms with Crippen molar-refractivity contribution in [1.29, 1.82) is 0 Å². The van der Waals surface area contributed by atoms with Crippen molar-refractivity contribution in [2.75, 3.05) is 13.2 Å². The molecule has 2 atom stereocenters. The molecule has 2 unspecified atom stereocenters. The second kappa shape index (κ2) is 4.66. The van der Waals surface area contributed by atoms with Crippen LogP contribution in [0.2, 0.25) is 0 Å². The number of carboxylic acid groups (broad SMARTS) is 1. The van der Waals surface area contributed by atoms with Crippen LogP contribution in [0.5, 0.6) is 0 Å². The number of hydrogen-bond donors (Lipinski definition) is 1. The van der Waals surface area contributed by atoms with E-state index in [1.807, 2.05) is 31.2 Å². The van der Waals surface area contributed by atoms with Crippen molar-refractivity contribution >= 4 is 5.97 Å². The van der Waals surface area contributed by atoms with Gasteiger partial charge < -0.3 is 9.84 Å². The molecule has 86 valence electrons. The van der Waals surface area contributed by atoms with Crippen LogP contribution >= 0.6 is 0 Å². The minimum absolute atomic E-state index is 0.0897. The lowest BCUT2D eigenvalue weighted by atomic mass is 9.82. The Kier molecular flexibility index (Phi) is 3.25. The van der Waals surface area contributed by atoms with E-state index >= 15 is 0 Å². The van der Waals surface area contributed by atoms with E-state index in [1.54, 1.807) is 0 Å². The lowest BCUT2D eigenvalue weighted by molar-refractivity contribution is -0.147. The Morgan fingerprint density at radius 1 is 1.38 bits per heavy atom. The molecule has 1 aliphatic heterocycles. The van der Waals surface area contributed by atoms with Gasteiger partial charge >= 0.3 is 5.97 Å². The summed E-state index contributed by atoms with van der Waals surface area (Å²) in [6.07, 6.45) is 0.792. The minimum Gasteiger partial charge on any atom is -0.481 e. The van der Waals surface area contributed by atoms with Gasteiger partial charge in [0.05, 0.1) is 12.5 Å². The molecule has 1 N–H and O–H groups in total. The summed E-state index contributed by atoms with van der Waals surface area (Å²) in [5.41, 5.74) is 2.31. The zero-order chi connectivity index (χ0) is 11.5. The summed E-state index contributed by atoms with van der Waals surface area (Å²) >= 11 is 0. The smallest absolute Gasteiger partial charge is 0.309 e. The van der Waals surface area contributed by atoms with E-state index in [2.05, 4.69) is 0 Å². The fourth-order valence-electron chi connectivity index (χ4n) is 2.19. The van der Waals surface area contributed by atoms with E-state index in [4.69, 9.17) is 9.84 Å². The van der Waals surface area contributed by atoms with Crippen LogP contribution in [-0.2, 0) is 9.53 Å². The van der Waals surface area contributed by atoms with Crippen LogP contribution in [0.25, 0.3) is 0 Å². The molecule has 0 radical (unpaired) electrons. The molecule has 2 rings (SSSR count). The number of benzene rings is 1. The zero-order valence-corrected chi connectivity index (χ0v) is 9.35. The lowest BCUT2D eigenvalue weighted by Crippen LogP contribution is -2.32. The van der Waals surface area contributed by atoms with Crippen LogP contribution in [0.1, 0.15) is 23.5 Å². The van der Waals surface area contributed by atoms with Crippen LogP contribution in [0, 0.1) is 12.8 Å². The molecule has 1 saturated heterocycles. The van der Waals surface area contributed by atoms with Gasteiger partial charge in [-0.3, -0.25) is 4.79 Å². The number of hydrogen-bond acceptors (Lipinski definition) is 2. The first-order valence-corrected chi connectivity index (χ1v) is 5.55. The van der Waals surface area contributed by atoms with Gasteiger partial charge in [-0.1, -0.05) is 29.8 Å². The Balaban J connectivity index is 2.23. The quantitative estimate of drug-likeness (QED) is 0.831. The fourth-order valence-corrected chi connectivity index (χ4v) is 2.19. The van der Waals surface area contributed by atoms with Gasteiger partial charge in [-0.05, 0) is 18.9 Å². The Labute approximate surface area is 95.0 Å². The molecule has 3 nitrogen and oxygen atoms in total. The summed E-state index contributed by atoms with van der Waals surface area (Å²) < 4.78 is 5.24. The minimum atomic E-state index is -0.759. The molecular formula is C13H16O3. The van der Waals surface area contributed by atoms with Crippen LogP contribution in [0.3, 0.4) is 0 Å². The van der Waals surface area contributed by atoms with Crippen molar-refractivity contribution in [2.45, 2.75) is 19.3 Å². The third kappa shape index (κ3) is 2.25. The van der Waals surface area contributed by atoms with E-state index in [1.165, 1.54) is 5.56 Å². The van der Waals surface area contributed by atoms with Crippen molar-refractivity contribution in [3.05, 3.63) is 35.4 Å². The highest BCUT2D eigenvalue weighted by Crippen LogP contribution is 2.32. The maximum absolute atomic E-state index is 11.1. The second-order valence-electron chi connectivity index (χ2n) is 4.33. The highest BCUT2D eigenvalue weighted by Gasteiger charge is 2.32. The lowest BCUT2D eigenvalue weighted by Gasteiger charge is -2.29. The van der Waals surface area contributed by atoms with Crippen LogP contribution in [-0.4, -0.2) is 24.3 Å². The SMILES string of the molecule is Cc1ccc(C2CCOCC2C(=O)O)cc1. The number of carboxylic acids is 1. The summed E-state index contributed by atoms with van der Waals surface area (Å²) in [6, 6.07) is 8.12. The maximum Gasteiger partial charge on any atom is 0.309 e. The van der Waals surface area contributed by atoms with Gasteiger partial charge in [0.1, 0.15) is 0 Å². The molecule has 0 aromatic heterocycles. The summed E-state index contributed by atoms with van der Waals surface area (Å²) in [6.45, 7) is 3.01. The number of carbonyl (C=O) groups is 1. The van der Waals surface area contributed by atoms with Gasteiger partial charge in [-0.15, -0.1) is 0 Å². The summed E-state index contributed by atoms with van der Waals surface area (Å²) in [7, 11) is 0. The van der Waals surface area contributed by atoms with E-state index in [-0.39, 0.29) is 5.92 Å². The van der Waals surface area contributed by atoms with Gasteiger partial charge in [0.15, 0.2) is 0 Å². The van der Waals surface area contributed by atoms with Gasteiger partial charge in [0.25, 0.3) is 0 Å².